The Kier molecular flexibility index (Phi) is 10.6. The van der Waals surface area contributed by atoms with Gasteiger partial charge in [-0.2, -0.15) is 22.0 Å². The zero-order valence-corrected chi connectivity index (χ0v) is 25.6. The fourth-order valence-electron chi connectivity index (χ4n) is 5.50. The van der Waals surface area contributed by atoms with Crippen LogP contribution >= 0.6 is 0 Å². The van der Waals surface area contributed by atoms with E-state index >= 15 is 22.0 Å². The number of benzene rings is 4. The van der Waals surface area contributed by atoms with Crippen molar-refractivity contribution < 1.29 is 62.5 Å². The van der Waals surface area contributed by atoms with E-state index in [-0.39, 0.29) is 29.7 Å². The number of alkyl halides is 5. The van der Waals surface area contributed by atoms with Crippen molar-refractivity contribution in [1.29, 1.82) is 0 Å². The lowest BCUT2D eigenvalue weighted by molar-refractivity contribution is -0.206. The van der Waals surface area contributed by atoms with Crippen LogP contribution in [0.5, 0.6) is 5.75 Å². The van der Waals surface area contributed by atoms with E-state index in [2.05, 4.69) is 11.7 Å². The first-order valence-electron chi connectivity index (χ1n) is 15.0. The highest BCUT2D eigenvalue weighted by molar-refractivity contribution is 5.67. The van der Waals surface area contributed by atoms with Crippen molar-refractivity contribution in [3.8, 4) is 28.0 Å². The van der Waals surface area contributed by atoms with Gasteiger partial charge in [-0.15, -0.1) is 0 Å². The van der Waals surface area contributed by atoms with Gasteiger partial charge in [0.05, 0.1) is 13.2 Å². The van der Waals surface area contributed by atoms with Crippen LogP contribution < -0.4 is 4.74 Å². The molecule has 0 aromatic heterocycles. The second kappa shape index (κ2) is 14.4. The van der Waals surface area contributed by atoms with Crippen molar-refractivity contribution >= 4 is 0 Å². The van der Waals surface area contributed by atoms with Crippen LogP contribution in [0.3, 0.4) is 0 Å². The summed E-state index contributed by atoms with van der Waals surface area (Å²) in [5, 5.41) is 0. The zero-order valence-electron chi connectivity index (χ0n) is 25.6. The van der Waals surface area contributed by atoms with Crippen molar-refractivity contribution in [1.82, 2.24) is 0 Å². The lowest BCUT2D eigenvalue weighted by atomic mass is 9.99. The molecule has 14 heteroatoms. The van der Waals surface area contributed by atoms with E-state index in [0.717, 1.165) is 31.7 Å². The van der Waals surface area contributed by atoms with Gasteiger partial charge in [0.2, 0.25) is 0 Å². The second-order valence-electron chi connectivity index (χ2n) is 11.5. The fraction of sp³-hybridized carbons (Fsp3) is 0.314. The molecule has 0 atom stereocenters. The highest BCUT2D eigenvalue weighted by atomic mass is 19.4. The van der Waals surface area contributed by atoms with Gasteiger partial charge in [-0.3, -0.25) is 0 Å². The summed E-state index contributed by atoms with van der Waals surface area (Å²) in [5.41, 5.74) is -5.92. The molecule has 4 aromatic rings. The normalized spacial score (nSPS) is 17.0. The second-order valence-corrected chi connectivity index (χ2v) is 11.5. The number of hydrogen-bond donors (Lipinski definition) is 0. The van der Waals surface area contributed by atoms with Crippen molar-refractivity contribution in [2.45, 2.75) is 51.2 Å². The van der Waals surface area contributed by atoms with Crippen molar-refractivity contribution in [3.63, 3.8) is 0 Å². The highest BCUT2D eigenvalue weighted by Crippen LogP contribution is 2.40. The zero-order chi connectivity index (χ0) is 35.7. The number of unbranched alkanes of at least 4 members (excludes halogenated alkanes) is 2. The van der Waals surface area contributed by atoms with Crippen LogP contribution in [0.4, 0.5) is 48.3 Å². The van der Waals surface area contributed by atoms with E-state index in [1.807, 2.05) is 0 Å². The van der Waals surface area contributed by atoms with Crippen LogP contribution in [0.1, 0.15) is 55.6 Å². The van der Waals surface area contributed by atoms with Gasteiger partial charge in [-0.1, -0.05) is 38.3 Å². The Labute approximate surface area is 273 Å². The standard InChI is InChI=1S/C35H27F11O3/c1-2-3-4-5-18-16-47-33(48-17-18)19-6-8-23(25(36)10-19)21-13-29(40)32(30(41)14-21)35(45,46)49-22-7-9-24(26(37)15-22)20-11-27(38)31(28(39)12-20)34(42,43)44/h6-15,18,33H,2-5,16-17H2,1H3. The summed E-state index contributed by atoms with van der Waals surface area (Å²) in [6.07, 6.45) is -6.91. The molecule has 1 saturated heterocycles. The molecule has 0 N–H and O–H groups in total. The van der Waals surface area contributed by atoms with E-state index in [1.54, 1.807) is 0 Å². The molecule has 262 valence electrons. The lowest BCUT2D eigenvalue weighted by Gasteiger charge is -2.29. The molecule has 0 radical (unpaired) electrons. The van der Waals surface area contributed by atoms with E-state index in [4.69, 9.17) is 9.47 Å². The van der Waals surface area contributed by atoms with Gasteiger partial charge in [-0.25, -0.2) is 26.3 Å². The molecule has 0 aliphatic carbocycles. The van der Waals surface area contributed by atoms with Crippen LogP contribution in [-0.2, 0) is 21.8 Å². The van der Waals surface area contributed by atoms with Crippen LogP contribution in [0.2, 0.25) is 0 Å². The number of rotatable bonds is 10. The molecule has 0 amide bonds. The molecule has 0 unspecified atom stereocenters. The van der Waals surface area contributed by atoms with Gasteiger partial charge < -0.3 is 14.2 Å². The van der Waals surface area contributed by atoms with Crippen molar-refractivity contribution in [2.24, 2.45) is 5.92 Å². The minimum absolute atomic E-state index is 0.196. The molecule has 0 spiro atoms. The number of hydrogen-bond acceptors (Lipinski definition) is 3. The summed E-state index contributed by atoms with van der Waals surface area (Å²) >= 11 is 0. The quantitative estimate of drug-likeness (QED) is 0.122. The smallest absolute Gasteiger partial charge is 0.429 e. The van der Waals surface area contributed by atoms with Crippen LogP contribution in [0.25, 0.3) is 22.3 Å². The van der Waals surface area contributed by atoms with Gasteiger partial charge in [0.25, 0.3) is 0 Å². The molecule has 1 aliphatic rings. The maximum Gasteiger partial charge on any atom is 0.432 e. The third-order valence-electron chi connectivity index (χ3n) is 7.92. The predicted molar refractivity (Wildman–Crippen MR) is 155 cm³/mol. The number of ether oxygens (including phenoxy) is 3. The van der Waals surface area contributed by atoms with Crippen LogP contribution in [0.15, 0.2) is 60.7 Å². The predicted octanol–water partition coefficient (Wildman–Crippen LogP) is 11.2. The Balaban J connectivity index is 1.32. The molecule has 5 rings (SSSR count). The summed E-state index contributed by atoms with van der Waals surface area (Å²) in [7, 11) is 0. The third kappa shape index (κ3) is 8.01. The monoisotopic (exact) mass is 704 g/mol. The van der Waals surface area contributed by atoms with E-state index in [0.29, 0.717) is 43.0 Å². The Bertz CT molecular complexity index is 1770. The van der Waals surface area contributed by atoms with Gasteiger partial charge in [0, 0.05) is 28.7 Å². The Morgan fingerprint density at radius 1 is 0.633 bits per heavy atom. The molecule has 3 nitrogen and oxygen atoms in total. The van der Waals surface area contributed by atoms with Gasteiger partial charge in [-0.05, 0) is 60.0 Å². The largest absolute Gasteiger partial charge is 0.432 e. The molecular formula is C35H27F11O3. The molecule has 1 fully saturated rings. The first-order chi connectivity index (χ1) is 23.1. The summed E-state index contributed by atoms with van der Waals surface area (Å²) in [6.45, 7) is 2.90. The first-order valence-corrected chi connectivity index (χ1v) is 15.0. The maximum absolute atomic E-state index is 15.1. The summed E-state index contributed by atoms with van der Waals surface area (Å²) in [5.74, 6) is -10.9. The van der Waals surface area contributed by atoms with E-state index in [1.165, 1.54) is 12.1 Å². The Hall–Kier alpha value is -4.17. The van der Waals surface area contributed by atoms with Crippen LogP contribution in [0, 0.1) is 40.8 Å². The minimum atomic E-state index is -5.38. The maximum atomic E-state index is 15.1. The summed E-state index contributed by atoms with van der Waals surface area (Å²) in [6, 6.07) is 6.55. The third-order valence-corrected chi connectivity index (χ3v) is 7.92. The van der Waals surface area contributed by atoms with Crippen molar-refractivity contribution in [2.75, 3.05) is 13.2 Å². The highest BCUT2D eigenvalue weighted by Gasteiger charge is 2.42. The average Bonchev–Trinajstić information content (AvgIpc) is 2.99. The topological polar surface area (TPSA) is 27.7 Å². The Morgan fingerprint density at radius 2 is 1.14 bits per heavy atom. The van der Waals surface area contributed by atoms with Crippen molar-refractivity contribution in [3.05, 3.63) is 112 Å². The summed E-state index contributed by atoms with van der Waals surface area (Å²) < 4.78 is 172. The fourth-order valence-corrected chi connectivity index (χ4v) is 5.50. The lowest BCUT2D eigenvalue weighted by Crippen LogP contribution is -2.27. The number of halogens is 11. The van der Waals surface area contributed by atoms with Gasteiger partial charge in [0.1, 0.15) is 51.8 Å². The summed E-state index contributed by atoms with van der Waals surface area (Å²) in [4.78, 5) is 0. The SMILES string of the molecule is CCCCCC1COC(c2ccc(-c3cc(F)c(C(F)(F)Oc4ccc(-c5cc(F)c(C(F)(F)F)c(F)c5)c(F)c4)c(F)c3)c(F)c2)OC1. The Morgan fingerprint density at radius 3 is 1.63 bits per heavy atom. The minimum Gasteiger partial charge on any atom is -0.429 e. The van der Waals surface area contributed by atoms with E-state index in [9.17, 15) is 26.3 Å². The average molecular weight is 705 g/mol. The van der Waals surface area contributed by atoms with Crippen LogP contribution in [-0.4, -0.2) is 13.2 Å². The molecular weight excluding hydrogens is 677 g/mol. The first kappa shape index (κ1) is 36.1. The molecule has 4 aromatic carbocycles. The molecule has 1 aliphatic heterocycles. The van der Waals surface area contributed by atoms with E-state index < -0.39 is 87.0 Å². The molecule has 0 bridgehead atoms. The van der Waals surface area contributed by atoms with Gasteiger partial charge >= 0.3 is 12.3 Å². The van der Waals surface area contributed by atoms with Gasteiger partial charge in [0.15, 0.2) is 6.29 Å². The molecule has 49 heavy (non-hydrogen) atoms. The molecule has 0 saturated carbocycles. The molecule has 1 heterocycles.